The molecule has 0 aliphatic carbocycles. The number of carbonyl (C=O) groups excluding carboxylic acids is 2. The Morgan fingerprint density at radius 3 is 2.59 bits per heavy atom. The highest BCUT2D eigenvalue weighted by Crippen LogP contribution is 2.45. The fourth-order valence-corrected chi connectivity index (χ4v) is 4.89. The molecule has 1 aliphatic heterocycles. The summed E-state index contributed by atoms with van der Waals surface area (Å²) < 4.78 is 5.76. The minimum Gasteiger partial charge on any atom is -0.492 e. The second kappa shape index (κ2) is 9.92. The van der Waals surface area contributed by atoms with E-state index in [-0.39, 0.29) is 17.2 Å². The molecule has 5 nitrogen and oxygen atoms in total. The number of anilines is 2. The minimum absolute atomic E-state index is 0.0394. The van der Waals surface area contributed by atoms with E-state index >= 15 is 0 Å². The van der Waals surface area contributed by atoms with Gasteiger partial charge in [-0.2, -0.15) is 0 Å². The highest BCUT2D eigenvalue weighted by atomic mass is 32.2. The van der Waals surface area contributed by atoms with E-state index < -0.39 is 0 Å². The fourth-order valence-electron chi connectivity index (χ4n) is 3.73. The Kier molecular flexibility index (Phi) is 6.81. The average Bonchev–Trinajstić information content (AvgIpc) is 3.21. The first-order valence-corrected chi connectivity index (χ1v) is 11.8. The summed E-state index contributed by atoms with van der Waals surface area (Å²) in [6.45, 7) is 4.54. The van der Waals surface area contributed by atoms with Gasteiger partial charge in [-0.3, -0.25) is 14.5 Å². The van der Waals surface area contributed by atoms with E-state index in [0.29, 0.717) is 29.4 Å². The molecule has 4 rings (SSSR count). The van der Waals surface area contributed by atoms with Crippen LogP contribution in [0.4, 0.5) is 11.4 Å². The number of hydrogen-bond acceptors (Lipinski definition) is 4. The van der Waals surface area contributed by atoms with E-state index in [9.17, 15) is 9.59 Å². The van der Waals surface area contributed by atoms with Crippen LogP contribution in [-0.2, 0) is 11.2 Å². The van der Waals surface area contributed by atoms with Gasteiger partial charge in [0.05, 0.1) is 18.0 Å². The van der Waals surface area contributed by atoms with Crippen molar-refractivity contribution in [2.75, 3.05) is 22.6 Å². The number of nitrogens with one attached hydrogen (secondary N) is 1. The van der Waals surface area contributed by atoms with Gasteiger partial charge >= 0.3 is 0 Å². The van der Waals surface area contributed by atoms with Crippen molar-refractivity contribution in [1.82, 2.24) is 0 Å². The van der Waals surface area contributed by atoms with E-state index in [0.717, 1.165) is 17.7 Å². The Hall–Kier alpha value is -3.25. The first kappa shape index (κ1) is 22.0. The predicted octanol–water partition coefficient (Wildman–Crippen LogP) is 5.68. The molecule has 2 amide bonds. The Morgan fingerprint density at radius 2 is 1.84 bits per heavy atom. The van der Waals surface area contributed by atoms with E-state index in [1.54, 1.807) is 16.7 Å². The van der Waals surface area contributed by atoms with Crippen LogP contribution in [0.15, 0.2) is 72.8 Å². The van der Waals surface area contributed by atoms with E-state index in [1.165, 1.54) is 5.56 Å². The zero-order valence-electron chi connectivity index (χ0n) is 18.2. The molecule has 0 saturated carbocycles. The summed E-state index contributed by atoms with van der Waals surface area (Å²) in [6, 6.07) is 22.9. The number of ether oxygens (including phenoxy) is 1. The standard InChI is InChI=1S/C26H26N2O3S/c1-3-18-12-14-19(15-13-18)25(30)27-21-9-7-8-20(16-21)26-28(24(29)17-32-26)22-10-5-6-11-23(22)31-4-2/h5-16,26H,3-4,17H2,1-2H3,(H,27,30). The number of aryl methyl sites for hydroxylation is 1. The van der Waals surface area contributed by atoms with Crippen LogP contribution in [0.25, 0.3) is 0 Å². The van der Waals surface area contributed by atoms with Crippen LogP contribution in [0.3, 0.4) is 0 Å². The normalized spacial score (nSPS) is 15.6. The van der Waals surface area contributed by atoms with Crippen molar-refractivity contribution in [3.63, 3.8) is 0 Å². The molecule has 1 N–H and O–H groups in total. The van der Waals surface area contributed by atoms with Gasteiger partial charge in [0, 0.05) is 11.3 Å². The number of hydrogen-bond donors (Lipinski definition) is 1. The molecule has 0 bridgehead atoms. The Morgan fingerprint density at radius 1 is 1.06 bits per heavy atom. The largest absolute Gasteiger partial charge is 0.492 e. The van der Waals surface area contributed by atoms with Crippen molar-refractivity contribution >= 4 is 35.0 Å². The van der Waals surface area contributed by atoms with E-state index in [1.807, 2.05) is 79.7 Å². The first-order chi connectivity index (χ1) is 15.6. The molecule has 1 fully saturated rings. The topological polar surface area (TPSA) is 58.6 Å². The van der Waals surface area contributed by atoms with Crippen LogP contribution in [0.2, 0.25) is 0 Å². The van der Waals surface area contributed by atoms with Crippen molar-refractivity contribution in [1.29, 1.82) is 0 Å². The predicted molar refractivity (Wildman–Crippen MR) is 131 cm³/mol. The van der Waals surface area contributed by atoms with Crippen molar-refractivity contribution in [2.45, 2.75) is 25.6 Å². The summed E-state index contributed by atoms with van der Waals surface area (Å²) in [5.74, 6) is 0.970. The van der Waals surface area contributed by atoms with Crippen molar-refractivity contribution in [2.24, 2.45) is 0 Å². The third kappa shape index (κ3) is 4.65. The molecule has 0 aromatic heterocycles. The SMILES string of the molecule is CCOc1ccccc1N1C(=O)CSC1c1cccc(NC(=O)c2ccc(CC)cc2)c1. The maximum atomic E-state index is 12.8. The Bertz CT molecular complexity index is 1110. The zero-order chi connectivity index (χ0) is 22.5. The second-order valence-corrected chi connectivity index (χ2v) is 8.53. The molecular weight excluding hydrogens is 420 g/mol. The highest BCUT2D eigenvalue weighted by Gasteiger charge is 2.35. The molecule has 32 heavy (non-hydrogen) atoms. The van der Waals surface area contributed by atoms with Crippen LogP contribution in [0.1, 0.15) is 40.7 Å². The molecule has 3 aromatic rings. The molecule has 6 heteroatoms. The maximum absolute atomic E-state index is 12.8. The number of amides is 2. The number of benzene rings is 3. The lowest BCUT2D eigenvalue weighted by molar-refractivity contribution is -0.115. The second-order valence-electron chi connectivity index (χ2n) is 7.46. The summed E-state index contributed by atoms with van der Waals surface area (Å²) in [4.78, 5) is 27.3. The summed E-state index contributed by atoms with van der Waals surface area (Å²) >= 11 is 1.57. The maximum Gasteiger partial charge on any atom is 0.255 e. The quantitative estimate of drug-likeness (QED) is 0.507. The Labute approximate surface area is 192 Å². The molecule has 164 valence electrons. The van der Waals surface area contributed by atoms with Gasteiger partial charge < -0.3 is 10.1 Å². The molecule has 1 atom stereocenters. The minimum atomic E-state index is -0.190. The molecule has 1 aliphatic rings. The van der Waals surface area contributed by atoms with Gasteiger partial charge in [0.2, 0.25) is 5.91 Å². The smallest absolute Gasteiger partial charge is 0.255 e. The highest BCUT2D eigenvalue weighted by molar-refractivity contribution is 8.00. The van der Waals surface area contributed by atoms with E-state index in [2.05, 4.69) is 12.2 Å². The molecule has 1 unspecified atom stereocenters. The van der Waals surface area contributed by atoms with E-state index in [4.69, 9.17) is 4.74 Å². The molecule has 1 saturated heterocycles. The molecule has 1 heterocycles. The van der Waals surface area contributed by atoms with Gasteiger partial charge in [-0.05, 0) is 60.9 Å². The molecule has 0 spiro atoms. The molecule has 0 radical (unpaired) electrons. The van der Waals surface area contributed by atoms with Crippen LogP contribution in [0, 0.1) is 0 Å². The van der Waals surface area contributed by atoms with Gasteiger partial charge in [-0.1, -0.05) is 43.3 Å². The third-order valence-electron chi connectivity index (χ3n) is 5.35. The lowest BCUT2D eigenvalue weighted by Gasteiger charge is -2.26. The van der Waals surface area contributed by atoms with Crippen LogP contribution < -0.4 is 15.0 Å². The lowest BCUT2D eigenvalue weighted by atomic mass is 10.1. The third-order valence-corrected chi connectivity index (χ3v) is 6.56. The summed E-state index contributed by atoms with van der Waals surface area (Å²) in [5, 5.41) is 2.79. The molecule has 3 aromatic carbocycles. The summed E-state index contributed by atoms with van der Waals surface area (Å²) in [6.07, 6.45) is 0.935. The number of nitrogens with zero attached hydrogens (tertiary/aromatic N) is 1. The number of rotatable bonds is 7. The van der Waals surface area contributed by atoms with Crippen molar-refractivity contribution in [3.8, 4) is 5.75 Å². The first-order valence-electron chi connectivity index (χ1n) is 10.8. The van der Waals surface area contributed by atoms with Gasteiger partial charge in [-0.15, -0.1) is 11.8 Å². The number of carbonyl (C=O) groups is 2. The number of para-hydroxylation sites is 2. The van der Waals surface area contributed by atoms with Crippen molar-refractivity contribution in [3.05, 3.63) is 89.5 Å². The lowest BCUT2D eigenvalue weighted by Crippen LogP contribution is -2.28. The Balaban J connectivity index is 1.58. The fraction of sp³-hybridized carbons (Fsp3) is 0.231. The van der Waals surface area contributed by atoms with Gasteiger partial charge in [-0.25, -0.2) is 0 Å². The monoisotopic (exact) mass is 446 g/mol. The number of thioether (sulfide) groups is 1. The zero-order valence-corrected chi connectivity index (χ0v) is 19.0. The van der Waals surface area contributed by atoms with Crippen LogP contribution in [0.5, 0.6) is 5.75 Å². The van der Waals surface area contributed by atoms with Gasteiger partial charge in [0.15, 0.2) is 0 Å². The molecular formula is C26H26N2O3S. The summed E-state index contributed by atoms with van der Waals surface area (Å²) in [5.41, 5.74) is 4.22. The average molecular weight is 447 g/mol. The van der Waals surface area contributed by atoms with Crippen LogP contribution in [-0.4, -0.2) is 24.2 Å². The van der Waals surface area contributed by atoms with Crippen LogP contribution >= 0.6 is 11.8 Å². The summed E-state index contributed by atoms with van der Waals surface area (Å²) in [7, 11) is 0. The van der Waals surface area contributed by atoms with Gasteiger partial charge in [0.1, 0.15) is 11.1 Å². The van der Waals surface area contributed by atoms with Gasteiger partial charge in [0.25, 0.3) is 5.91 Å². The van der Waals surface area contributed by atoms with Crippen molar-refractivity contribution < 1.29 is 14.3 Å².